The van der Waals surface area contributed by atoms with Crippen LogP contribution >= 0.6 is 11.3 Å². The van der Waals surface area contributed by atoms with Gasteiger partial charge in [0.2, 0.25) is 0 Å². The Morgan fingerprint density at radius 3 is 2.93 bits per heavy atom. The van der Waals surface area contributed by atoms with Crippen LogP contribution in [0.15, 0.2) is 11.4 Å². The summed E-state index contributed by atoms with van der Waals surface area (Å²) >= 11 is 1.82. The summed E-state index contributed by atoms with van der Waals surface area (Å²) < 4.78 is 5.46. The molecule has 0 atom stereocenters. The minimum Gasteiger partial charge on any atom is -0.380 e. The molecule has 0 spiro atoms. The summed E-state index contributed by atoms with van der Waals surface area (Å²) in [4.78, 5) is 1.43. The van der Waals surface area contributed by atoms with Gasteiger partial charge in [-0.1, -0.05) is 13.3 Å². The average molecular weight is 227 g/mol. The van der Waals surface area contributed by atoms with Crippen LogP contribution in [0.1, 0.15) is 30.2 Å². The van der Waals surface area contributed by atoms with Crippen molar-refractivity contribution in [3.63, 3.8) is 0 Å². The van der Waals surface area contributed by atoms with Gasteiger partial charge < -0.3 is 10.1 Å². The van der Waals surface area contributed by atoms with Crippen molar-refractivity contribution in [3.05, 3.63) is 21.9 Å². The number of thiophene rings is 1. The monoisotopic (exact) mass is 227 g/mol. The third-order valence-electron chi connectivity index (χ3n) is 2.32. The van der Waals surface area contributed by atoms with Gasteiger partial charge in [0.15, 0.2) is 0 Å². The van der Waals surface area contributed by atoms with E-state index in [1.165, 1.54) is 23.3 Å². The Morgan fingerprint density at radius 1 is 1.40 bits per heavy atom. The quantitative estimate of drug-likeness (QED) is 0.689. The van der Waals surface area contributed by atoms with Gasteiger partial charge in [0, 0.05) is 24.6 Å². The van der Waals surface area contributed by atoms with Crippen molar-refractivity contribution in [2.75, 3.05) is 19.8 Å². The van der Waals surface area contributed by atoms with Gasteiger partial charge in [-0.2, -0.15) is 0 Å². The van der Waals surface area contributed by atoms with Gasteiger partial charge in [0.25, 0.3) is 0 Å². The minimum absolute atomic E-state index is 0.824. The summed E-state index contributed by atoms with van der Waals surface area (Å²) in [6, 6.07) is 2.17. The zero-order chi connectivity index (χ0) is 10.9. The van der Waals surface area contributed by atoms with Crippen molar-refractivity contribution in [1.82, 2.24) is 5.32 Å². The van der Waals surface area contributed by atoms with E-state index in [1.807, 2.05) is 11.3 Å². The minimum atomic E-state index is 0.824. The van der Waals surface area contributed by atoms with Gasteiger partial charge in [-0.15, -0.1) is 11.3 Å². The largest absolute Gasteiger partial charge is 0.380 e. The van der Waals surface area contributed by atoms with Crippen LogP contribution in [0.25, 0.3) is 0 Å². The molecular weight excluding hydrogens is 206 g/mol. The zero-order valence-corrected chi connectivity index (χ0v) is 10.5. The van der Waals surface area contributed by atoms with Gasteiger partial charge >= 0.3 is 0 Å². The normalized spacial score (nSPS) is 10.8. The number of hydrogen-bond acceptors (Lipinski definition) is 3. The number of hydrogen-bond donors (Lipinski definition) is 1. The van der Waals surface area contributed by atoms with E-state index >= 15 is 0 Å². The summed E-state index contributed by atoms with van der Waals surface area (Å²) in [6.45, 7) is 7.98. The molecule has 1 N–H and O–H groups in total. The molecule has 0 bridgehead atoms. The number of aryl methyl sites for hydroxylation is 1. The van der Waals surface area contributed by atoms with Crippen LogP contribution in [0, 0.1) is 6.92 Å². The Hall–Kier alpha value is -0.380. The van der Waals surface area contributed by atoms with Crippen molar-refractivity contribution >= 4 is 11.3 Å². The molecule has 1 rings (SSSR count). The van der Waals surface area contributed by atoms with Gasteiger partial charge in [0.05, 0.1) is 6.61 Å². The van der Waals surface area contributed by atoms with Crippen LogP contribution in [-0.2, 0) is 11.3 Å². The fraction of sp³-hybridized carbons (Fsp3) is 0.667. The highest BCUT2D eigenvalue weighted by Gasteiger charge is 1.97. The van der Waals surface area contributed by atoms with E-state index in [0.29, 0.717) is 0 Å². The fourth-order valence-electron chi connectivity index (χ4n) is 1.28. The maximum atomic E-state index is 5.46. The molecule has 0 aliphatic rings. The third-order valence-corrected chi connectivity index (χ3v) is 3.34. The molecule has 0 unspecified atom stereocenters. The van der Waals surface area contributed by atoms with E-state index in [2.05, 4.69) is 30.6 Å². The van der Waals surface area contributed by atoms with Crippen molar-refractivity contribution in [3.8, 4) is 0 Å². The van der Waals surface area contributed by atoms with E-state index in [9.17, 15) is 0 Å². The predicted molar refractivity (Wildman–Crippen MR) is 66.5 cm³/mol. The predicted octanol–water partition coefficient (Wildman–Crippen LogP) is 2.96. The second kappa shape index (κ2) is 7.85. The molecular formula is C12H21NOS. The van der Waals surface area contributed by atoms with E-state index in [1.54, 1.807) is 0 Å². The van der Waals surface area contributed by atoms with Gasteiger partial charge in [0.1, 0.15) is 0 Å². The Bertz CT molecular complexity index is 260. The van der Waals surface area contributed by atoms with E-state index in [-0.39, 0.29) is 0 Å². The van der Waals surface area contributed by atoms with Crippen LogP contribution in [-0.4, -0.2) is 19.8 Å². The SMILES string of the molecule is CCCCOCCNCc1sccc1C. The number of ether oxygens (including phenoxy) is 1. The second-order valence-corrected chi connectivity index (χ2v) is 4.67. The first-order valence-electron chi connectivity index (χ1n) is 5.66. The molecule has 1 heterocycles. The summed E-state index contributed by atoms with van der Waals surface area (Å²) in [5, 5.41) is 5.53. The Kier molecular flexibility index (Phi) is 6.64. The van der Waals surface area contributed by atoms with Crippen molar-refractivity contribution in [2.24, 2.45) is 0 Å². The van der Waals surface area contributed by atoms with Crippen LogP contribution in [0.2, 0.25) is 0 Å². The number of nitrogens with one attached hydrogen (secondary N) is 1. The van der Waals surface area contributed by atoms with E-state index in [0.717, 1.165) is 26.3 Å². The molecule has 1 aromatic rings. The average Bonchev–Trinajstić information content (AvgIpc) is 2.63. The van der Waals surface area contributed by atoms with Crippen molar-refractivity contribution in [2.45, 2.75) is 33.2 Å². The molecule has 0 amide bonds. The Labute approximate surface area is 96.7 Å². The number of unbranched alkanes of at least 4 members (excludes halogenated alkanes) is 1. The van der Waals surface area contributed by atoms with Gasteiger partial charge in [-0.25, -0.2) is 0 Å². The highest BCUT2D eigenvalue weighted by molar-refractivity contribution is 7.10. The topological polar surface area (TPSA) is 21.3 Å². The molecule has 0 radical (unpaired) electrons. The Balaban J connectivity index is 1.96. The standard InChI is InChI=1S/C12H21NOS/c1-3-4-7-14-8-6-13-10-12-11(2)5-9-15-12/h5,9,13H,3-4,6-8,10H2,1-2H3. The highest BCUT2D eigenvalue weighted by atomic mass is 32.1. The molecule has 0 saturated heterocycles. The molecule has 86 valence electrons. The summed E-state index contributed by atoms with van der Waals surface area (Å²) in [5.74, 6) is 0. The molecule has 0 fully saturated rings. The maximum absolute atomic E-state index is 5.46. The lowest BCUT2D eigenvalue weighted by Gasteiger charge is -2.05. The first-order chi connectivity index (χ1) is 7.34. The highest BCUT2D eigenvalue weighted by Crippen LogP contribution is 2.14. The summed E-state index contributed by atoms with van der Waals surface area (Å²) in [6.07, 6.45) is 2.38. The zero-order valence-electron chi connectivity index (χ0n) is 9.71. The first kappa shape index (κ1) is 12.7. The third kappa shape index (κ3) is 5.30. The lowest BCUT2D eigenvalue weighted by atomic mass is 10.3. The maximum Gasteiger partial charge on any atom is 0.0591 e. The molecule has 2 nitrogen and oxygen atoms in total. The molecule has 0 aliphatic heterocycles. The van der Waals surface area contributed by atoms with Crippen LogP contribution in [0.4, 0.5) is 0 Å². The number of rotatable bonds is 8. The smallest absolute Gasteiger partial charge is 0.0591 e. The summed E-state index contributed by atoms with van der Waals surface area (Å²) in [5.41, 5.74) is 1.39. The molecule has 0 aromatic carbocycles. The van der Waals surface area contributed by atoms with Gasteiger partial charge in [-0.3, -0.25) is 0 Å². The Morgan fingerprint density at radius 2 is 2.27 bits per heavy atom. The first-order valence-corrected chi connectivity index (χ1v) is 6.54. The molecule has 3 heteroatoms. The lowest BCUT2D eigenvalue weighted by Crippen LogP contribution is -2.19. The van der Waals surface area contributed by atoms with Crippen LogP contribution in [0.3, 0.4) is 0 Å². The lowest BCUT2D eigenvalue weighted by molar-refractivity contribution is 0.133. The summed E-state index contributed by atoms with van der Waals surface area (Å²) in [7, 11) is 0. The fourth-order valence-corrected chi connectivity index (χ4v) is 2.16. The molecule has 15 heavy (non-hydrogen) atoms. The molecule has 0 saturated carbocycles. The molecule has 1 aromatic heterocycles. The van der Waals surface area contributed by atoms with E-state index in [4.69, 9.17) is 4.74 Å². The van der Waals surface area contributed by atoms with Crippen LogP contribution < -0.4 is 5.32 Å². The van der Waals surface area contributed by atoms with Crippen LogP contribution in [0.5, 0.6) is 0 Å². The van der Waals surface area contributed by atoms with E-state index < -0.39 is 0 Å². The van der Waals surface area contributed by atoms with Crippen molar-refractivity contribution in [1.29, 1.82) is 0 Å². The van der Waals surface area contributed by atoms with Crippen molar-refractivity contribution < 1.29 is 4.74 Å². The van der Waals surface area contributed by atoms with Gasteiger partial charge in [-0.05, 0) is 30.4 Å². The second-order valence-electron chi connectivity index (χ2n) is 3.67. The molecule has 0 aliphatic carbocycles.